The van der Waals surface area contributed by atoms with Crippen LogP contribution in [0.5, 0.6) is 5.75 Å². The first kappa shape index (κ1) is 17.2. The summed E-state index contributed by atoms with van der Waals surface area (Å²) in [5.41, 5.74) is 1.79. The van der Waals surface area contributed by atoms with Gasteiger partial charge in [0.15, 0.2) is 5.78 Å². The predicted octanol–water partition coefficient (Wildman–Crippen LogP) is 3.73. The highest BCUT2D eigenvalue weighted by molar-refractivity contribution is 7.10. The maximum Gasteiger partial charge on any atom is 0.220 e. The van der Waals surface area contributed by atoms with E-state index in [1.54, 1.807) is 35.6 Å². The number of hydrogen-bond acceptors (Lipinski definition) is 4. The molecule has 4 nitrogen and oxygen atoms in total. The molecule has 1 amide bonds. The van der Waals surface area contributed by atoms with Crippen LogP contribution in [0.15, 0.2) is 35.7 Å². The molecule has 0 bridgehead atoms. The molecule has 1 aromatic carbocycles. The molecular formula is C18H21NO3S. The second-order valence-electron chi connectivity index (χ2n) is 5.18. The molecule has 1 N–H and O–H groups in total. The summed E-state index contributed by atoms with van der Waals surface area (Å²) in [5.74, 6) is 0.612. The number of nitrogens with one attached hydrogen (secondary N) is 1. The third-order valence-corrected chi connectivity index (χ3v) is 4.50. The Morgan fingerprint density at radius 2 is 1.87 bits per heavy atom. The fraction of sp³-hybridized carbons (Fsp3) is 0.333. The van der Waals surface area contributed by atoms with Crippen molar-refractivity contribution in [2.75, 3.05) is 6.61 Å². The second kappa shape index (κ2) is 8.48. The smallest absolute Gasteiger partial charge is 0.220 e. The average molecular weight is 331 g/mol. The van der Waals surface area contributed by atoms with Crippen molar-refractivity contribution < 1.29 is 14.3 Å². The van der Waals surface area contributed by atoms with Gasteiger partial charge in [0.05, 0.1) is 13.2 Å². The third kappa shape index (κ3) is 5.21. The van der Waals surface area contributed by atoms with E-state index in [0.29, 0.717) is 18.7 Å². The fourth-order valence-corrected chi connectivity index (χ4v) is 2.97. The monoisotopic (exact) mass is 331 g/mol. The van der Waals surface area contributed by atoms with Crippen molar-refractivity contribution in [3.8, 4) is 5.75 Å². The summed E-state index contributed by atoms with van der Waals surface area (Å²) in [4.78, 5) is 25.1. The molecule has 0 saturated heterocycles. The molecule has 2 rings (SSSR count). The van der Waals surface area contributed by atoms with Gasteiger partial charge in [0.1, 0.15) is 5.75 Å². The quantitative estimate of drug-likeness (QED) is 0.750. The number of thiophene rings is 1. The summed E-state index contributed by atoms with van der Waals surface area (Å²) in [6.07, 6.45) is 0.416. The molecule has 5 heteroatoms. The van der Waals surface area contributed by atoms with Crippen LogP contribution in [-0.2, 0) is 11.3 Å². The van der Waals surface area contributed by atoms with Crippen molar-refractivity contribution in [2.45, 2.75) is 33.2 Å². The van der Waals surface area contributed by atoms with Crippen molar-refractivity contribution in [3.05, 3.63) is 51.7 Å². The molecular weight excluding hydrogens is 310 g/mol. The molecule has 23 heavy (non-hydrogen) atoms. The zero-order valence-electron chi connectivity index (χ0n) is 13.4. The number of ketones is 1. The van der Waals surface area contributed by atoms with E-state index in [2.05, 4.69) is 5.32 Å². The molecule has 0 unspecified atom stereocenters. The Bertz CT molecular complexity index is 661. The van der Waals surface area contributed by atoms with Crippen molar-refractivity contribution in [1.82, 2.24) is 5.32 Å². The molecule has 1 aromatic heterocycles. The highest BCUT2D eigenvalue weighted by atomic mass is 32.1. The summed E-state index contributed by atoms with van der Waals surface area (Å²) in [6.45, 7) is 5.06. The van der Waals surface area contributed by atoms with Gasteiger partial charge < -0.3 is 10.1 Å². The van der Waals surface area contributed by atoms with E-state index < -0.39 is 0 Å². The zero-order valence-corrected chi connectivity index (χ0v) is 14.2. The number of benzene rings is 1. The molecule has 0 aliphatic carbocycles. The maximum absolute atomic E-state index is 12.1. The minimum absolute atomic E-state index is 0.0319. The molecule has 122 valence electrons. The molecule has 0 fully saturated rings. The summed E-state index contributed by atoms with van der Waals surface area (Å²) >= 11 is 1.62. The number of amides is 1. The lowest BCUT2D eigenvalue weighted by Crippen LogP contribution is -2.23. The minimum Gasteiger partial charge on any atom is -0.494 e. The average Bonchev–Trinajstić information content (AvgIpc) is 2.97. The Labute approximate surface area is 140 Å². The summed E-state index contributed by atoms with van der Waals surface area (Å²) < 4.78 is 5.34. The number of Topliss-reactive ketones (excluding diaryl/α,β-unsaturated/α-hetero) is 1. The first-order valence-corrected chi connectivity index (χ1v) is 8.54. The fourth-order valence-electron chi connectivity index (χ4n) is 2.13. The van der Waals surface area contributed by atoms with Crippen LogP contribution < -0.4 is 10.1 Å². The normalized spacial score (nSPS) is 10.3. The zero-order chi connectivity index (χ0) is 16.7. The summed E-state index contributed by atoms with van der Waals surface area (Å²) in [5, 5.41) is 4.86. The summed E-state index contributed by atoms with van der Waals surface area (Å²) in [7, 11) is 0. The number of ether oxygens (including phenoxy) is 1. The van der Waals surface area contributed by atoms with Crippen LogP contribution in [0.3, 0.4) is 0 Å². The first-order valence-electron chi connectivity index (χ1n) is 7.66. The predicted molar refractivity (Wildman–Crippen MR) is 92.1 cm³/mol. The van der Waals surface area contributed by atoms with Gasteiger partial charge in [-0.15, -0.1) is 11.3 Å². The molecule has 0 saturated carbocycles. The lowest BCUT2D eigenvalue weighted by atomic mass is 10.1. The van der Waals surface area contributed by atoms with E-state index >= 15 is 0 Å². The van der Waals surface area contributed by atoms with Crippen LogP contribution in [-0.4, -0.2) is 18.3 Å². The lowest BCUT2D eigenvalue weighted by molar-refractivity contribution is -0.121. The van der Waals surface area contributed by atoms with Gasteiger partial charge >= 0.3 is 0 Å². The van der Waals surface area contributed by atoms with E-state index in [0.717, 1.165) is 10.6 Å². The van der Waals surface area contributed by atoms with Crippen molar-refractivity contribution in [1.29, 1.82) is 0 Å². The Morgan fingerprint density at radius 3 is 2.48 bits per heavy atom. The molecule has 0 atom stereocenters. The van der Waals surface area contributed by atoms with E-state index in [4.69, 9.17) is 4.74 Å². The Kier molecular flexibility index (Phi) is 6.35. The molecule has 1 heterocycles. The Hall–Kier alpha value is -2.14. The van der Waals surface area contributed by atoms with Gasteiger partial charge in [-0.2, -0.15) is 0 Å². The van der Waals surface area contributed by atoms with Crippen LogP contribution in [0, 0.1) is 6.92 Å². The SMILES string of the molecule is CCOc1ccc(C(=O)CCC(=O)NCc2sccc2C)cc1. The molecule has 0 radical (unpaired) electrons. The molecule has 2 aromatic rings. The topological polar surface area (TPSA) is 55.4 Å². The highest BCUT2D eigenvalue weighted by Crippen LogP contribution is 2.16. The standard InChI is InChI=1S/C18H21NO3S/c1-3-22-15-6-4-14(5-7-15)16(20)8-9-18(21)19-12-17-13(2)10-11-23-17/h4-7,10-11H,3,8-9,12H2,1-2H3,(H,19,21). The maximum atomic E-state index is 12.1. The van der Waals surface area contributed by atoms with Crippen LogP contribution in [0.25, 0.3) is 0 Å². The van der Waals surface area contributed by atoms with Crippen molar-refractivity contribution in [3.63, 3.8) is 0 Å². The van der Waals surface area contributed by atoms with Gasteiger partial charge in [0.2, 0.25) is 5.91 Å². The van der Waals surface area contributed by atoms with Crippen LogP contribution in [0.1, 0.15) is 40.6 Å². The lowest BCUT2D eigenvalue weighted by Gasteiger charge is -2.06. The number of rotatable bonds is 8. The molecule has 0 aliphatic rings. The van der Waals surface area contributed by atoms with Gasteiger partial charge in [-0.25, -0.2) is 0 Å². The van der Waals surface area contributed by atoms with Gasteiger partial charge in [0, 0.05) is 23.3 Å². The van der Waals surface area contributed by atoms with E-state index in [-0.39, 0.29) is 24.5 Å². The van der Waals surface area contributed by atoms with Crippen molar-refractivity contribution >= 4 is 23.0 Å². The van der Waals surface area contributed by atoms with E-state index in [1.807, 2.05) is 25.3 Å². The number of carbonyl (C=O) groups is 2. The van der Waals surface area contributed by atoms with Crippen LogP contribution in [0.4, 0.5) is 0 Å². The summed E-state index contributed by atoms with van der Waals surface area (Å²) in [6, 6.07) is 9.05. The van der Waals surface area contributed by atoms with Crippen LogP contribution >= 0.6 is 11.3 Å². The number of hydrogen-bond donors (Lipinski definition) is 1. The highest BCUT2D eigenvalue weighted by Gasteiger charge is 2.10. The van der Waals surface area contributed by atoms with E-state index in [9.17, 15) is 9.59 Å². The van der Waals surface area contributed by atoms with Gasteiger partial charge in [-0.1, -0.05) is 0 Å². The van der Waals surface area contributed by atoms with Crippen molar-refractivity contribution in [2.24, 2.45) is 0 Å². The molecule has 0 aliphatic heterocycles. The largest absolute Gasteiger partial charge is 0.494 e. The molecule has 0 spiro atoms. The van der Waals surface area contributed by atoms with Gasteiger partial charge in [0.25, 0.3) is 0 Å². The van der Waals surface area contributed by atoms with Gasteiger partial charge in [-0.05, 0) is 55.1 Å². The Morgan fingerprint density at radius 1 is 1.13 bits per heavy atom. The third-order valence-electron chi connectivity index (χ3n) is 3.48. The minimum atomic E-state index is -0.0999. The Balaban J connectivity index is 1.77. The second-order valence-corrected chi connectivity index (χ2v) is 6.18. The number of aryl methyl sites for hydroxylation is 1. The van der Waals surface area contributed by atoms with Gasteiger partial charge in [-0.3, -0.25) is 9.59 Å². The first-order chi connectivity index (χ1) is 11.1. The van der Waals surface area contributed by atoms with Crippen LogP contribution in [0.2, 0.25) is 0 Å². The van der Waals surface area contributed by atoms with E-state index in [1.165, 1.54) is 5.56 Å². The number of carbonyl (C=O) groups excluding carboxylic acids is 2.